The number of benzene rings is 9. The van der Waals surface area contributed by atoms with Crippen LogP contribution in [-0.2, 0) is 0 Å². The third-order valence-electron chi connectivity index (χ3n) is 10.9. The van der Waals surface area contributed by atoms with Crippen molar-refractivity contribution in [2.45, 2.75) is 0 Å². The van der Waals surface area contributed by atoms with Crippen LogP contribution < -0.4 is 4.90 Å². The second-order valence-electron chi connectivity index (χ2n) is 14.0. The number of anilines is 3. The highest BCUT2D eigenvalue weighted by atomic mass is 32.1. The van der Waals surface area contributed by atoms with Crippen LogP contribution in [0.1, 0.15) is 6.85 Å². The van der Waals surface area contributed by atoms with E-state index in [1.807, 2.05) is 36.4 Å². The molecule has 0 saturated heterocycles. The van der Waals surface area contributed by atoms with Gasteiger partial charge in [0.1, 0.15) is 0 Å². The van der Waals surface area contributed by atoms with Crippen molar-refractivity contribution in [1.82, 2.24) is 15.0 Å². The molecule has 0 atom stereocenters. The van der Waals surface area contributed by atoms with Gasteiger partial charge in [-0.3, -0.25) is 0 Å². The predicted octanol–water partition coefficient (Wildman–Crippen LogP) is 14.2. The van der Waals surface area contributed by atoms with Crippen LogP contribution in [0.3, 0.4) is 0 Å². The lowest BCUT2D eigenvalue weighted by Gasteiger charge is -2.35. The van der Waals surface area contributed by atoms with Crippen molar-refractivity contribution in [1.29, 1.82) is 0 Å². The molecular formula is C51H30N4S. The van der Waals surface area contributed by atoms with E-state index in [0.29, 0.717) is 17.2 Å². The van der Waals surface area contributed by atoms with E-state index in [4.69, 9.17) is 21.8 Å². The first-order valence-electron chi connectivity index (χ1n) is 21.0. The molecule has 5 heteroatoms. The van der Waals surface area contributed by atoms with E-state index in [2.05, 4.69) is 120 Å². The number of thiophene rings is 1. The first-order chi connectivity index (χ1) is 29.8. The summed E-state index contributed by atoms with van der Waals surface area (Å²) < 4.78 is 45.3. The van der Waals surface area contributed by atoms with Gasteiger partial charge in [0.05, 0.1) is 23.9 Å². The van der Waals surface area contributed by atoms with Crippen LogP contribution in [0.15, 0.2) is 182 Å². The van der Waals surface area contributed by atoms with E-state index in [-0.39, 0.29) is 23.5 Å². The van der Waals surface area contributed by atoms with Crippen molar-refractivity contribution in [2.75, 3.05) is 4.90 Å². The van der Waals surface area contributed by atoms with Gasteiger partial charge in [-0.05, 0) is 63.5 Å². The normalized spacial score (nSPS) is 13.5. The largest absolute Gasteiger partial charge is 0.309 e. The van der Waals surface area contributed by atoms with Crippen LogP contribution in [0.4, 0.5) is 17.1 Å². The molecule has 1 aliphatic heterocycles. The quantitative estimate of drug-likeness (QED) is 0.180. The van der Waals surface area contributed by atoms with E-state index in [9.17, 15) is 0 Å². The molecular weight excluding hydrogens is 701 g/mol. The summed E-state index contributed by atoms with van der Waals surface area (Å²) in [6, 6.07) is 50.5. The monoisotopic (exact) mass is 735 g/mol. The van der Waals surface area contributed by atoms with Crippen molar-refractivity contribution in [2.24, 2.45) is 0 Å². The summed E-state index contributed by atoms with van der Waals surface area (Å²) in [5.74, 6) is 0.657. The molecule has 260 valence electrons. The van der Waals surface area contributed by atoms with Gasteiger partial charge < -0.3 is 4.90 Å². The average Bonchev–Trinajstić information content (AvgIpc) is 3.68. The smallest absolute Gasteiger partial charge is 0.164 e. The fraction of sp³-hybridized carbons (Fsp3) is 0. The van der Waals surface area contributed by atoms with Gasteiger partial charge in [0.25, 0.3) is 0 Å². The van der Waals surface area contributed by atoms with E-state index in [0.717, 1.165) is 48.9 Å². The standard InChI is InChI=1S/C51H30N4S/c1-2-13-33(14-3-1)49-52-50(34-24-26-39-38-20-8-9-23-45(38)56-46(39)30-34)54-51(53-49)40-27-29-42(37-19-7-6-18-36(37)40)55-43-22-11-16-32-15-10-21-41(47(32)43)48-35-17-5-4-12-31(35)25-28-44(48)55/h1-30H/i1D,2D,3D,13D,14D. The Morgan fingerprint density at radius 2 is 1.11 bits per heavy atom. The molecule has 0 amide bonds. The Balaban J connectivity index is 1.11. The molecule has 2 aromatic heterocycles. The summed E-state index contributed by atoms with van der Waals surface area (Å²) >= 11 is 1.68. The van der Waals surface area contributed by atoms with Crippen LogP contribution in [0.5, 0.6) is 0 Å². The molecule has 0 fully saturated rings. The van der Waals surface area contributed by atoms with Crippen molar-refractivity contribution < 1.29 is 6.85 Å². The van der Waals surface area contributed by atoms with Gasteiger partial charge >= 0.3 is 0 Å². The fourth-order valence-electron chi connectivity index (χ4n) is 8.47. The molecule has 3 heterocycles. The molecule has 4 nitrogen and oxygen atoms in total. The van der Waals surface area contributed by atoms with Gasteiger partial charge in [-0.15, -0.1) is 11.3 Å². The van der Waals surface area contributed by atoms with Crippen molar-refractivity contribution >= 4 is 80.9 Å². The number of hydrogen-bond acceptors (Lipinski definition) is 5. The van der Waals surface area contributed by atoms with E-state index in [1.165, 1.54) is 37.4 Å². The number of hydrogen-bond donors (Lipinski definition) is 0. The van der Waals surface area contributed by atoms with Crippen LogP contribution >= 0.6 is 11.3 Å². The summed E-state index contributed by atoms with van der Waals surface area (Å²) in [6.45, 7) is 0. The summed E-state index contributed by atoms with van der Waals surface area (Å²) in [4.78, 5) is 17.3. The van der Waals surface area contributed by atoms with E-state index >= 15 is 0 Å². The molecule has 9 aromatic carbocycles. The maximum atomic E-state index is 8.90. The SMILES string of the molecule is [2H]c1c([2H])c([2H])c(-c2nc(-c3ccc4c(c3)sc3ccccc34)nc(-c3ccc(N4c5ccc6ccccc6c5-c5cccc6cccc4c56)c4ccccc34)n2)c([2H])c1[2H]. The van der Waals surface area contributed by atoms with E-state index < -0.39 is 18.1 Å². The van der Waals surface area contributed by atoms with Gasteiger partial charge in [0.2, 0.25) is 0 Å². The van der Waals surface area contributed by atoms with Crippen molar-refractivity contribution in [3.63, 3.8) is 0 Å². The number of nitrogens with zero attached hydrogens (tertiary/aromatic N) is 4. The molecule has 0 unspecified atom stereocenters. The molecule has 0 aliphatic carbocycles. The Hall–Kier alpha value is -7.21. The number of rotatable bonds is 4. The predicted molar refractivity (Wildman–Crippen MR) is 235 cm³/mol. The Labute approximate surface area is 333 Å². The third-order valence-corrected chi connectivity index (χ3v) is 12.1. The van der Waals surface area contributed by atoms with Crippen molar-refractivity contribution in [3.05, 3.63) is 182 Å². The molecule has 0 bridgehead atoms. The van der Waals surface area contributed by atoms with Gasteiger partial charge in [0, 0.05) is 53.2 Å². The maximum absolute atomic E-state index is 8.90. The molecule has 12 rings (SSSR count). The second kappa shape index (κ2) is 12.2. The summed E-state index contributed by atoms with van der Waals surface area (Å²) in [5, 5.41) is 8.84. The van der Waals surface area contributed by atoms with Crippen LogP contribution in [0.2, 0.25) is 0 Å². The van der Waals surface area contributed by atoms with Gasteiger partial charge in [0.15, 0.2) is 17.5 Å². The first kappa shape index (κ1) is 26.5. The fourth-order valence-corrected chi connectivity index (χ4v) is 9.62. The summed E-state index contributed by atoms with van der Waals surface area (Å²) in [7, 11) is 0. The van der Waals surface area contributed by atoms with Crippen LogP contribution in [-0.4, -0.2) is 15.0 Å². The highest BCUT2D eigenvalue weighted by molar-refractivity contribution is 7.25. The summed E-state index contributed by atoms with van der Waals surface area (Å²) in [6.07, 6.45) is 0. The first-order valence-corrected chi connectivity index (χ1v) is 19.3. The lowest BCUT2D eigenvalue weighted by molar-refractivity contribution is 1.08. The minimum atomic E-state index is -0.476. The molecule has 1 aliphatic rings. The minimum absolute atomic E-state index is 0.00159. The molecule has 56 heavy (non-hydrogen) atoms. The Bertz CT molecular complexity index is 3660. The Morgan fingerprint density at radius 3 is 1.98 bits per heavy atom. The lowest BCUT2D eigenvalue weighted by Crippen LogP contribution is -2.15. The molecule has 0 N–H and O–H groups in total. The van der Waals surface area contributed by atoms with Gasteiger partial charge in [-0.1, -0.05) is 145 Å². The minimum Gasteiger partial charge on any atom is -0.309 e. The van der Waals surface area contributed by atoms with Crippen molar-refractivity contribution in [3.8, 4) is 45.3 Å². The zero-order valence-electron chi connectivity index (χ0n) is 34.6. The number of aromatic nitrogens is 3. The van der Waals surface area contributed by atoms with Gasteiger partial charge in [-0.25, -0.2) is 15.0 Å². The second-order valence-corrected chi connectivity index (χ2v) is 15.1. The molecule has 11 aromatic rings. The number of fused-ring (bicyclic) bond motifs is 8. The van der Waals surface area contributed by atoms with Crippen LogP contribution in [0, 0.1) is 0 Å². The molecule has 0 saturated carbocycles. The lowest BCUT2D eigenvalue weighted by atomic mass is 9.87. The highest BCUT2D eigenvalue weighted by Crippen LogP contribution is 2.54. The molecule has 0 spiro atoms. The Kier molecular flexibility index (Phi) is 5.76. The Morgan fingerprint density at radius 1 is 0.429 bits per heavy atom. The zero-order chi connectivity index (χ0) is 41.1. The average molecular weight is 736 g/mol. The highest BCUT2D eigenvalue weighted by Gasteiger charge is 2.29. The summed E-state index contributed by atoms with van der Waals surface area (Å²) in [5.41, 5.74) is 6.87. The topological polar surface area (TPSA) is 41.9 Å². The molecule has 0 radical (unpaired) electrons. The van der Waals surface area contributed by atoms with Gasteiger partial charge in [-0.2, -0.15) is 0 Å². The third kappa shape index (κ3) is 4.68. The zero-order valence-corrected chi connectivity index (χ0v) is 30.4. The van der Waals surface area contributed by atoms with E-state index in [1.54, 1.807) is 11.3 Å². The van der Waals surface area contributed by atoms with Crippen LogP contribution in [0.25, 0.3) is 97.8 Å². The maximum Gasteiger partial charge on any atom is 0.164 e.